The van der Waals surface area contributed by atoms with Crippen molar-refractivity contribution in [3.63, 3.8) is 0 Å². The van der Waals surface area contributed by atoms with Crippen LogP contribution in [0.5, 0.6) is 0 Å². The molecule has 1 aliphatic carbocycles. The van der Waals surface area contributed by atoms with E-state index >= 15 is 0 Å². The van der Waals surface area contributed by atoms with Crippen molar-refractivity contribution in [3.8, 4) is 0 Å². The Bertz CT molecular complexity index is 116. The molecule has 0 aromatic heterocycles. The van der Waals surface area contributed by atoms with Crippen LogP contribution in [0.4, 0.5) is 0 Å². The lowest BCUT2D eigenvalue weighted by Crippen LogP contribution is -2.21. The first-order valence-electron chi connectivity index (χ1n) is 3.80. The monoisotopic (exact) mass is 143 g/mol. The molecule has 0 aliphatic heterocycles. The van der Waals surface area contributed by atoms with Crippen LogP contribution >= 0.6 is 0 Å². The standard InChI is InChI=1S/C7H13NO2/c9-7-3-1-2-6(4-7)5-8-10/h6-7,9H,1-5H2. The van der Waals surface area contributed by atoms with Crippen molar-refractivity contribution < 1.29 is 5.11 Å². The van der Waals surface area contributed by atoms with E-state index in [4.69, 9.17) is 5.11 Å². The van der Waals surface area contributed by atoms with Crippen LogP contribution in [0.3, 0.4) is 0 Å². The highest BCUT2D eigenvalue weighted by molar-refractivity contribution is 4.73. The van der Waals surface area contributed by atoms with Crippen molar-refractivity contribution in [1.82, 2.24) is 0 Å². The SMILES string of the molecule is O=NCC1CCCC(O)C1. The minimum atomic E-state index is -0.180. The van der Waals surface area contributed by atoms with Gasteiger partial charge in [0.05, 0.1) is 12.6 Å². The predicted molar refractivity (Wildman–Crippen MR) is 38.6 cm³/mol. The zero-order valence-corrected chi connectivity index (χ0v) is 5.99. The largest absolute Gasteiger partial charge is 0.393 e. The summed E-state index contributed by atoms with van der Waals surface area (Å²) in [7, 11) is 0. The van der Waals surface area contributed by atoms with Gasteiger partial charge in [-0.05, 0) is 25.2 Å². The van der Waals surface area contributed by atoms with E-state index in [1.165, 1.54) is 0 Å². The zero-order valence-electron chi connectivity index (χ0n) is 5.99. The number of nitroso groups, excluding NO2 is 1. The van der Waals surface area contributed by atoms with Crippen molar-refractivity contribution in [3.05, 3.63) is 4.91 Å². The van der Waals surface area contributed by atoms with E-state index in [0.717, 1.165) is 25.7 Å². The third-order valence-electron chi connectivity index (χ3n) is 2.09. The van der Waals surface area contributed by atoms with Crippen LogP contribution in [0.15, 0.2) is 5.18 Å². The maximum absolute atomic E-state index is 9.85. The first-order chi connectivity index (χ1) is 4.83. The summed E-state index contributed by atoms with van der Waals surface area (Å²) >= 11 is 0. The topological polar surface area (TPSA) is 49.7 Å². The molecule has 0 amide bonds. The fraction of sp³-hybridized carbons (Fsp3) is 1.00. The molecule has 3 nitrogen and oxygen atoms in total. The summed E-state index contributed by atoms with van der Waals surface area (Å²) in [4.78, 5) is 9.85. The molecule has 1 fully saturated rings. The summed E-state index contributed by atoms with van der Waals surface area (Å²) in [5.41, 5.74) is 0. The van der Waals surface area contributed by atoms with Gasteiger partial charge in [0.2, 0.25) is 0 Å². The third-order valence-corrected chi connectivity index (χ3v) is 2.09. The summed E-state index contributed by atoms with van der Waals surface area (Å²) in [5.74, 6) is 0.348. The number of rotatable bonds is 2. The highest BCUT2D eigenvalue weighted by Crippen LogP contribution is 2.23. The molecule has 10 heavy (non-hydrogen) atoms. The third kappa shape index (κ3) is 2.06. The smallest absolute Gasteiger partial charge is 0.0840 e. The van der Waals surface area contributed by atoms with Crippen LogP contribution in [-0.2, 0) is 0 Å². The van der Waals surface area contributed by atoms with Crippen molar-refractivity contribution in [2.75, 3.05) is 6.54 Å². The Labute approximate surface area is 60.4 Å². The number of aliphatic hydroxyl groups excluding tert-OH is 1. The second kappa shape index (κ2) is 3.66. The molecule has 1 rings (SSSR count). The highest BCUT2D eigenvalue weighted by Gasteiger charge is 2.19. The van der Waals surface area contributed by atoms with Crippen LogP contribution in [0, 0.1) is 10.8 Å². The minimum absolute atomic E-state index is 0.180. The van der Waals surface area contributed by atoms with E-state index in [1.807, 2.05) is 0 Å². The molecule has 2 atom stereocenters. The van der Waals surface area contributed by atoms with E-state index < -0.39 is 0 Å². The normalized spacial score (nSPS) is 33.7. The lowest BCUT2D eigenvalue weighted by molar-refractivity contribution is 0.103. The second-order valence-corrected chi connectivity index (χ2v) is 3.00. The molecule has 0 saturated heterocycles. The summed E-state index contributed by atoms with van der Waals surface area (Å²) in [5, 5.41) is 12.0. The van der Waals surface area contributed by atoms with Gasteiger partial charge >= 0.3 is 0 Å². The Hall–Kier alpha value is -0.440. The van der Waals surface area contributed by atoms with E-state index in [2.05, 4.69) is 5.18 Å². The molecular weight excluding hydrogens is 130 g/mol. The average Bonchev–Trinajstić information content (AvgIpc) is 1.88. The van der Waals surface area contributed by atoms with Crippen molar-refractivity contribution >= 4 is 0 Å². The highest BCUT2D eigenvalue weighted by atomic mass is 16.3. The Morgan fingerprint density at radius 3 is 2.90 bits per heavy atom. The van der Waals surface area contributed by atoms with Gasteiger partial charge in [-0.2, -0.15) is 4.91 Å². The molecule has 0 aromatic rings. The predicted octanol–water partition coefficient (Wildman–Crippen LogP) is 1.30. The lowest BCUT2D eigenvalue weighted by Gasteiger charge is -2.23. The first kappa shape index (κ1) is 7.66. The van der Waals surface area contributed by atoms with E-state index in [0.29, 0.717) is 12.5 Å². The fourth-order valence-corrected chi connectivity index (χ4v) is 1.53. The van der Waals surface area contributed by atoms with Gasteiger partial charge in [0.15, 0.2) is 0 Å². The molecule has 1 saturated carbocycles. The zero-order chi connectivity index (χ0) is 7.40. The molecule has 0 spiro atoms. The van der Waals surface area contributed by atoms with Gasteiger partial charge < -0.3 is 5.11 Å². The molecule has 58 valence electrons. The number of aliphatic hydroxyl groups is 1. The average molecular weight is 143 g/mol. The van der Waals surface area contributed by atoms with Gasteiger partial charge in [0.25, 0.3) is 0 Å². The Morgan fingerprint density at radius 1 is 1.50 bits per heavy atom. The van der Waals surface area contributed by atoms with Crippen LogP contribution in [0.2, 0.25) is 0 Å². The quantitative estimate of drug-likeness (QED) is 0.592. The molecular formula is C7H13NO2. The fourth-order valence-electron chi connectivity index (χ4n) is 1.53. The molecule has 1 aliphatic rings. The number of nitrogens with zero attached hydrogens (tertiary/aromatic N) is 1. The lowest BCUT2D eigenvalue weighted by atomic mass is 9.87. The van der Waals surface area contributed by atoms with Gasteiger partial charge in [0.1, 0.15) is 0 Å². The van der Waals surface area contributed by atoms with Gasteiger partial charge in [-0.1, -0.05) is 11.6 Å². The van der Waals surface area contributed by atoms with Crippen molar-refractivity contribution in [2.45, 2.75) is 31.8 Å². The van der Waals surface area contributed by atoms with Gasteiger partial charge in [-0.3, -0.25) is 0 Å². The number of hydrogen-bond donors (Lipinski definition) is 1. The summed E-state index contributed by atoms with van der Waals surface area (Å²) in [6.45, 7) is 0.386. The van der Waals surface area contributed by atoms with Crippen molar-refractivity contribution in [1.29, 1.82) is 0 Å². The summed E-state index contributed by atoms with van der Waals surface area (Å²) in [6, 6.07) is 0. The Morgan fingerprint density at radius 2 is 2.30 bits per heavy atom. The second-order valence-electron chi connectivity index (χ2n) is 3.00. The molecule has 0 aromatic carbocycles. The van der Waals surface area contributed by atoms with Crippen molar-refractivity contribution in [2.24, 2.45) is 11.1 Å². The molecule has 3 heteroatoms. The minimum Gasteiger partial charge on any atom is -0.393 e. The van der Waals surface area contributed by atoms with Gasteiger partial charge in [-0.25, -0.2) is 0 Å². The molecule has 2 unspecified atom stereocenters. The summed E-state index contributed by atoms with van der Waals surface area (Å²) < 4.78 is 0. The maximum Gasteiger partial charge on any atom is 0.0840 e. The molecule has 0 bridgehead atoms. The summed E-state index contributed by atoms with van der Waals surface area (Å²) in [6.07, 6.45) is 3.59. The van der Waals surface area contributed by atoms with Crippen LogP contribution in [0.25, 0.3) is 0 Å². The molecule has 1 N–H and O–H groups in total. The molecule has 0 radical (unpaired) electrons. The molecule has 0 heterocycles. The van der Waals surface area contributed by atoms with E-state index in [-0.39, 0.29) is 6.10 Å². The van der Waals surface area contributed by atoms with Crippen LogP contribution in [-0.4, -0.2) is 17.8 Å². The van der Waals surface area contributed by atoms with E-state index in [9.17, 15) is 4.91 Å². The maximum atomic E-state index is 9.85. The van der Waals surface area contributed by atoms with Gasteiger partial charge in [0, 0.05) is 0 Å². The van der Waals surface area contributed by atoms with Crippen LogP contribution in [0.1, 0.15) is 25.7 Å². The van der Waals surface area contributed by atoms with Crippen LogP contribution < -0.4 is 0 Å². The Kier molecular flexibility index (Phi) is 2.81. The van der Waals surface area contributed by atoms with E-state index in [1.54, 1.807) is 0 Å². The van der Waals surface area contributed by atoms with Gasteiger partial charge in [-0.15, -0.1) is 0 Å². The first-order valence-corrected chi connectivity index (χ1v) is 3.80. The number of hydrogen-bond acceptors (Lipinski definition) is 3. The Balaban J connectivity index is 2.24.